The molecule has 0 bridgehead atoms. The molecule has 0 radical (unpaired) electrons. The zero-order valence-corrected chi connectivity index (χ0v) is 15.5. The summed E-state index contributed by atoms with van der Waals surface area (Å²) in [5.41, 5.74) is 1.13. The van der Waals surface area contributed by atoms with Crippen molar-refractivity contribution in [3.8, 4) is 0 Å². The molecule has 0 spiro atoms. The van der Waals surface area contributed by atoms with E-state index in [4.69, 9.17) is 16.6 Å². The van der Waals surface area contributed by atoms with E-state index >= 15 is 0 Å². The molecule has 4 heteroatoms. The van der Waals surface area contributed by atoms with Crippen molar-refractivity contribution >= 4 is 34.2 Å². The molecule has 0 unspecified atom stereocenters. The average Bonchev–Trinajstić information content (AvgIpc) is 2.44. The van der Waals surface area contributed by atoms with Gasteiger partial charge in [0.05, 0.1) is 9.26 Å². The summed E-state index contributed by atoms with van der Waals surface area (Å²) in [5, 5.41) is 0.644. The topological polar surface area (TPSA) is 25.8 Å². The number of aryl methyl sites for hydroxylation is 1. The van der Waals surface area contributed by atoms with Gasteiger partial charge in [0.25, 0.3) is 0 Å². The summed E-state index contributed by atoms with van der Waals surface area (Å²) in [6.45, 7) is 6.85. The lowest BCUT2D eigenvalue weighted by atomic mass is 9.77. The Hall–Kier alpha value is 0.100. The van der Waals surface area contributed by atoms with Crippen LogP contribution in [0.25, 0.3) is 0 Å². The van der Waals surface area contributed by atoms with Crippen LogP contribution in [-0.4, -0.2) is 9.97 Å². The zero-order valence-electron chi connectivity index (χ0n) is 12.6. The minimum atomic E-state index is 0.509. The second-order valence-electron chi connectivity index (χ2n) is 6.24. The molecule has 112 valence electrons. The maximum Gasteiger partial charge on any atom is 0.146 e. The van der Waals surface area contributed by atoms with E-state index < -0.39 is 0 Å². The second-order valence-corrected chi connectivity index (χ2v) is 7.68. The Bertz CT molecular complexity index is 454. The monoisotopic (exact) mass is 406 g/mol. The van der Waals surface area contributed by atoms with Crippen molar-refractivity contribution in [3.05, 3.63) is 20.2 Å². The summed E-state index contributed by atoms with van der Waals surface area (Å²) in [6, 6.07) is 0. The van der Waals surface area contributed by atoms with Crippen LogP contribution in [0.2, 0.25) is 5.15 Å². The second kappa shape index (κ2) is 7.39. The van der Waals surface area contributed by atoms with E-state index in [1.807, 2.05) is 0 Å². The van der Waals surface area contributed by atoms with Gasteiger partial charge in [0.2, 0.25) is 0 Å². The number of hydrogen-bond donors (Lipinski definition) is 0. The number of rotatable bonds is 4. The van der Waals surface area contributed by atoms with Gasteiger partial charge in [0.15, 0.2) is 0 Å². The van der Waals surface area contributed by atoms with Gasteiger partial charge >= 0.3 is 0 Å². The summed E-state index contributed by atoms with van der Waals surface area (Å²) in [5.74, 6) is 3.17. The Kier molecular flexibility index (Phi) is 6.09. The Balaban J connectivity index is 2.13. The smallest absolute Gasteiger partial charge is 0.146 e. The zero-order chi connectivity index (χ0) is 14.7. The van der Waals surface area contributed by atoms with Crippen molar-refractivity contribution in [2.45, 2.75) is 65.2 Å². The molecule has 0 aromatic carbocycles. The molecule has 1 fully saturated rings. The van der Waals surface area contributed by atoms with Gasteiger partial charge in [-0.3, -0.25) is 0 Å². The third-order valence-corrected chi connectivity index (χ3v) is 6.19. The minimum Gasteiger partial charge on any atom is -0.236 e. The third kappa shape index (κ3) is 3.85. The lowest BCUT2D eigenvalue weighted by Gasteiger charge is -2.30. The standard InChI is InChI=1S/C16H24ClIN2/c1-4-5-13-14(18)15(17)20-16(19-13)12-8-6-11(7-9-12)10(2)3/h10-12H,4-9H2,1-3H3. The van der Waals surface area contributed by atoms with Gasteiger partial charge < -0.3 is 0 Å². The van der Waals surface area contributed by atoms with Crippen molar-refractivity contribution in [1.29, 1.82) is 0 Å². The molecule has 1 saturated carbocycles. The van der Waals surface area contributed by atoms with E-state index in [1.54, 1.807) is 0 Å². The molecule has 1 aromatic heterocycles. The van der Waals surface area contributed by atoms with Crippen LogP contribution in [0.1, 0.15) is 70.3 Å². The van der Waals surface area contributed by atoms with Gasteiger partial charge in [-0.15, -0.1) is 0 Å². The molecule has 1 aliphatic rings. The van der Waals surface area contributed by atoms with E-state index in [-0.39, 0.29) is 0 Å². The van der Waals surface area contributed by atoms with Crippen LogP contribution in [0.4, 0.5) is 0 Å². The van der Waals surface area contributed by atoms with Gasteiger partial charge in [-0.25, -0.2) is 9.97 Å². The van der Waals surface area contributed by atoms with Crippen LogP contribution in [0.5, 0.6) is 0 Å². The van der Waals surface area contributed by atoms with Crippen LogP contribution in [0, 0.1) is 15.4 Å². The molecule has 2 rings (SSSR count). The normalized spacial score (nSPS) is 23.3. The van der Waals surface area contributed by atoms with Crippen molar-refractivity contribution in [2.75, 3.05) is 0 Å². The fourth-order valence-corrected chi connectivity index (χ4v) is 3.82. The maximum atomic E-state index is 6.29. The van der Waals surface area contributed by atoms with Crippen LogP contribution < -0.4 is 0 Å². The van der Waals surface area contributed by atoms with Gasteiger partial charge in [-0.1, -0.05) is 38.8 Å². The molecule has 0 N–H and O–H groups in total. The van der Waals surface area contributed by atoms with Crippen molar-refractivity contribution in [2.24, 2.45) is 11.8 Å². The maximum absolute atomic E-state index is 6.29. The van der Waals surface area contributed by atoms with Crippen molar-refractivity contribution in [1.82, 2.24) is 9.97 Å². The van der Waals surface area contributed by atoms with E-state index in [2.05, 4.69) is 48.3 Å². The van der Waals surface area contributed by atoms with E-state index in [0.717, 1.165) is 39.8 Å². The Labute approximate surface area is 141 Å². The molecular formula is C16H24ClIN2. The summed E-state index contributed by atoms with van der Waals surface area (Å²) >= 11 is 8.57. The van der Waals surface area contributed by atoms with E-state index in [9.17, 15) is 0 Å². The molecule has 0 amide bonds. The van der Waals surface area contributed by atoms with E-state index in [0.29, 0.717) is 11.1 Å². The molecule has 1 heterocycles. The first-order valence-corrected chi connectivity index (χ1v) is 9.20. The van der Waals surface area contributed by atoms with Gasteiger partial charge in [-0.2, -0.15) is 0 Å². The van der Waals surface area contributed by atoms with Gasteiger partial charge in [-0.05, 0) is 66.5 Å². The van der Waals surface area contributed by atoms with Crippen LogP contribution in [0.3, 0.4) is 0 Å². The van der Waals surface area contributed by atoms with Crippen LogP contribution in [0.15, 0.2) is 0 Å². The fourth-order valence-electron chi connectivity index (χ4n) is 3.11. The Morgan fingerprint density at radius 1 is 1.20 bits per heavy atom. The molecule has 0 aliphatic heterocycles. The first-order chi connectivity index (χ1) is 9.52. The molecule has 1 aliphatic carbocycles. The summed E-state index contributed by atoms with van der Waals surface area (Å²) < 4.78 is 1.03. The minimum absolute atomic E-state index is 0.509. The Morgan fingerprint density at radius 2 is 1.85 bits per heavy atom. The van der Waals surface area contributed by atoms with Crippen LogP contribution >= 0.6 is 34.2 Å². The van der Waals surface area contributed by atoms with Gasteiger partial charge in [0.1, 0.15) is 11.0 Å². The van der Waals surface area contributed by atoms with Gasteiger partial charge in [0, 0.05) is 5.92 Å². The molecule has 1 aromatic rings. The van der Waals surface area contributed by atoms with Crippen molar-refractivity contribution in [3.63, 3.8) is 0 Å². The Morgan fingerprint density at radius 3 is 2.40 bits per heavy atom. The number of hydrogen-bond acceptors (Lipinski definition) is 2. The summed E-state index contributed by atoms with van der Waals surface area (Å²) in [7, 11) is 0. The predicted molar refractivity (Wildman–Crippen MR) is 93.3 cm³/mol. The van der Waals surface area contributed by atoms with Crippen molar-refractivity contribution < 1.29 is 0 Å². The first-order valence-electron chi connectivity index (χ1n) is 7.74. The first kappa shape index (κ1) is 16.5. The molecule has 0 saturated heterocycles. The fraction of sp³-hybridized carbons (Fsp3) is 0.750. The molecule has 20 heavy (non-hydrogen) atoms. The third-order valence-electron chi connectivity index (χ3n) is 4.46. The quantitative estimate of drug-likeness (QED) is 0.479. The number of nitrogens with zero attached hydrogens (tertiary/aromatic N) is 2. The highest BCUT2D eigenvalue weighted by Gasteiger charge is 2.26. The lowest BCUT2D eigenvalue weighted by Crippen LogP contribution is -2.19. The predicted octanol–water partition coefficient (Wildman–Crippen LogP) is 5.62. The van der Waals surface area contributed by atoms with Crippen LogP contribution in [-0.2, 0) is 6.42 Å². The number of halogens is 2. The highest BCUT2D eigenvalue weighted by Crippen LogP contribution is 2.38. The molecule has 0 atom stereocenters. The molecular weight excluding hydrogens is 383 g/mol. The number of aromatic nitrogens is 2. The highest BCUT2D eigenvalue weighted by molar-refractivity contribution is 14.1. The highest BCUT2D eigenvalue weighted by atomic mass is 127. The largest absolute Gasteiger partial charge is 0.236 e. The summed E-state index contributed by atoms with van der Waals surface area (Å²) in [6.07, 6.45) is 7.13. The lowest BCUT2D eigenvalue weighted by molar-refractivity contribution is 0.254. The SMILES string of the molecule is CCCc1nc(C2CCC(C(C)C)CC2)nc(Cl)c1I. The van der Waals surface area contributed by atoms with E-state index in [1.165, 1.54) is 25.7 Å². The summed E-state index contributed by atoms with van der Waals surface area (Å²) in [4.78, 5) is 9.37. The average molecular weight is 407 g/mol. The molecule has 2 nitrogen and oxygen atoms in total.